The highest BCUT2D eigenvalue weighted by Gasteiger charge is 2.14. The maximum atomic E-state index is 10.4. The van der Waals surface area contributed by atoms with E-state index in [0.717, 1.165) is 5.56 Å². The first-order chi connectivity index (χ1) is 6.24. The monoisotopic (exact) mass is 199 g/mol. The van der Waals surface area contributed by atoms with Gasteiger partial charge in [0, 0.05) is 0 Å². The first kappa shape index (κ1) is 9.73. The number of thiophene rings is 1. The zero-order valence-electron chi connectivity index (χ0n) is 6.77. The Morgan fingerprint density at radius 3 is 3.00 bits per heavy atom. The van der Waals surface area contributed by atoms with Gasteiger partial charge in [0.15, 0.2) is 0 Å². The number of nitrogens with one attached hydrogen (secondary N) is 1. The van der Waals surface area contributed by atoms with E-state index in [4.69, 9.17) is 5.11 Å². The normalized spacial score (nSPS) is 12.0. The van der Waals surface area contributed by atoms with Gasteiger partial charge in [-0.25, -0.2) is 0 Å². The highest BCUT2D eigenvalue weighted by molar-refractivity contribution is 7.07. The van der Waals surface area contributed by atoms with E-state index in [-0.39, 0.29) is 6.42 Å². The third-order valence-corrected chi connectivity index (χ3v) is 2.29. The lowest BCUT2D eigenvalue weighted by Gasteiger charge is -2.11. The lowest BCUT2D eigenvalue weighted by Crippen LogP contribution is -2.21. The van der Waals surface area contributed by atoms with Gasteiger partial charge in [-0.15, -0.1) is 0 Å². The van der Waals surface area contributed by atoms with E-state index in [9.17, 15) is 9.59 Å². The summed E-state index contributed by atoms with van der Waals surface area (Å²) in [6.07, 6.45) is 0.431. The maximum Gasteiger partial charge on any atom is 0.305 e. The Hall–Kier alpha value is -1.36. The average Bonchev–Trinajstić information content (AvgIpc) is 2.54. The molecule has 0 bridgehead atoms. The first-order valence-electron chi connectivity index (χ1n) is 3.67. The fourth-order valence-electron chi connectivity index (χ4n) is 1.00. The van der Waals surface area contributed by atoms with Crippen LogP contribution in [-0.2, 0) is 9.59 Å². The van der Waals surface area contributed by atoms with E-state index in [1.54, 1.807) is 6.07 Å². The number of carboxylic acid groups (broad SMARTS) is 1. The van der Waals surface area contributed by atoms with Crippen LogP contribution in [0.5, 0.6) is 0 Å². The highest BCUT2D eigenvalue weighted by atomic mass is 32.1. The van der Waals surface area contributed by atoms with Crippen LogP contribution in [0, 0.1) is 0 Å². The Labute approximate surface area is 79.2 Å². The van der Waals surface area contributed by atoms with Crippen LogP contribution in [-0.4, -0.2) is 17.5 Å². The third-order valence-electron chi connectivity index (χ3n) is 1.59. The van der Waals surface area contributed by atoms with Crippen molar-refractivity contribution >= 4 is 23.7 Å². The number of hydrogen-bond donors (Lipinski definition) is 2. The summed E-state index contributed by atoms with van der Waals surface area (Å²) in [4.78, 5) is 20.6. The van der Waals surface area contributed by atoms with E-state index in [2.05, 4.69) is 5.32 Å². The molecule has 0 aliphatic heterocycles. The minimum atomic E-state index is -0.925. The predicted molar refractivity (Wildman–Crippen MR) is 48.5 cm³/mol. The summed E-state index contributed by atoms with van der Waals surface area (Å²) < 4.78 is 0. The van der Waals surface area contributed by atoms with E-state index in [0.29, 0.717) is 6.41 Å². The molecule has 0 spiro atoms. The van der Waals surface area contributed by atoms with Crippen LogP contribution in [0.4, 0.5) is 0 Å². The Kier molecular flexibility index (Phi) is 3.45. The molecule has 0 aromatic carbocycles. The number of carboxylic acids is 1. The standard InChI is InChI=1S/C8H9NO3S/c10-5-9-7(3-8(11)12)6-1-2-13-4-6/h1-2,4-5,7H,3H2,(H,9,10)(H,11,12). The summed E-state index contributed by atoms with van der Waals surface area (Å²) in [6, 6.07) is 1.38. The topological polar surface area (TPSA) is 66.4 Å². The molecule has 70 valence electrons. The fourth-order valence-corrected chi connectivity index (χ4v) is 1.72. The van der Waals surface area contributed by atoms with Gasteiger partial charge in [0.1, 0.15) is 0 Å². The van der Waals surface area contributed by atoms with Crippen LogP contribution in [0.15, 0.2) is 16.8 Å². The summed E-state index contributed by atoms with van der Waals surface area (Å²) in [5, 5.41) is 14.7. The number of amides is 1. The van der Waals surface area contributed by atoms with Gasteiger partial charge in [-0.1, -0.05) is 0 Å². The largest absolute Gasteiger partial charge is 0.481 e. The van der Waals surface area contributed by atoms with Gasteiger partial charge in [0.05, 0.1) is 12.5 Å². The van der Waals surface area contributed by atoms with Gasteiger partial charge in [-0.2, -0.15) is 11.3 Å². The molecule has 0 fully saturated rings. The van der Waals surface area contributed by atoms with Crippen molar-refractivity contribution < 1.29 is 14.7 Å². The summed E-state index contributed by atoms with van der Waals surface area (Å²) in [5.74, 6) is -0.925. The molecule has 2 N–H and O–H groups in total. The summed E-state index contributed by atoms with van der Waals surface area (Å²) in [5.41, 5.74) is 0.833. The quantitative estimate of drug-likeness (QED) is 0.695. The van der Waals surface area contributed by atoms with Gasteiger partial charge in [0.25, 0.3) is 0 Å². The zero-order chi connectivity index (χ0) is 9.68. The number of hydrogen-bond acceptors (Lipinski definition) is 3. The van der Waals surface area contributed by atoms with Crippen molar-refractivity contribution in [1.29, 1.82) is 0 Å². The van der Waals surface area contributed by atoms with Crippen molar-refractivity contribution in [2.45, 2.75) is 12.5 Å². The van der Waals surface area contributed by atoms with Crippen LogP contribution in [0.3, 0.4) is 0 Å². The van der Waals surface area contributed by atoms with Crippen molar-refractivity contribution in [3.63, 3.8) is 0 Å². The van der Waals surface area contributed by atoms with Crippen LogP contribution < -0.4 is 5.32 Å². The van der Waals surface area contributed by atoms with E-state index in [1.807, 2.05) is 10.8 Å². The lowest BCUT2D eigenvalue weighted by molar-refractivity contribution is -0.137. The van der Waals surface area contributed by atoms with E-state index < -0.39 is 12.0 Å². The smallest absolute Gasteiger partial charge is 0.305 e. The fraction of sp³-hybridized carbons (Fsp3) is 0.250. The van der Waals surface area contributed by atoms with Crippen LogP contribution in [0.25, 0.3) is 0 Å². The van der Waals surface area contributed by atoms with E-state index in [1.165, 1.54) is 11.3 Å². The lowest BCUT2D eigenvalue weighted by atomic mass is 10.1. The third kappa shape index (κ3) is 2.87. The summed E-state index contributed by atoms with van der Waals surface area (Å²) in [6.45, 7) is 0. The molecule has 0 saturated carbocycles. The van der Waals surface area contributed by atoms with Crippen molar-refractivity contribution in [2.24, 2.45) is 0 Å². The van der Waals surface area contributed by atoms with Crippen molar-refractivity contribution in [2.75, 3.05) is 0 Å². The second-order valence-corrected chi connectivity index (χ2v) is 3.27. The molecular formula is C8H9NO3S. The Balaban J connectivity index is 2.67. The molecule has 1 aromatic heterocycles. The molecule has 1 atom stereocenters. The summed E-state index contributed by atoms with van der Waals surface area (Å²) in [7, 11) is 0. The molecule has 0 aliphatic rings. The second-order valence-electron chi connectivity index (χ2n) is 2.49. The van der Waals surface area contributed by atoms with Crippen LogP contribution in [0.2, 0.25) is 0 Å². The molecular weight excluding hydrogens is 190 g/mol. The van der Waals surface area contributed by atoms with Crippen LogP contribution >= 0.6 is 11.3 Å². The predicted octanol–water partition coefficient (Wildman–Crippen LogP) is 1.01. The van der Waals surface area contributed by atoms with Gasteiger partial charge < -0.3 is 10.4 Å². The first-order valence-corrected chi connectivity index (χ1v) is 4.62. The van der Waals surface area contributed by atoms with Gasteiger partial charge in [-0.3, -0.25) is 9.59 Å². The molecule has 1 aromatic rings. The second kappa shape index (κ2) is 4.61. The molecule has 1 unspecified atom stereocenters. The van der Waals surface area contributed by atoms with Crippen molar-refractivity contribution in [3.05, 3.63) is 22.4 Å². The van der Waals surface area contributed by atoms with Gasteiger partial charge >= 0.3 is 5.97 Å². The van der Waals surface area contributed by atoms with Crippen molar-refractivity contribution in [1.82, 2.24) is 5.32 Å². The molecule has 5 heteroatoms. The number of carbonyl (C=O) groups excluding carboxylic acids is 1. The molecule has 0 radical (unpaired) electrons. The van der Waals surface area contributed by atoms with Crippen LogP contribution in [0.1, 0.15) is 18.0 Å². The minimum absolute atomic E-state index is 0.0878. The highest BCUT2D eigenvalue weighted by Crippen LogP contribution is 2.18. The molecule has 1 heterocycles. The van der Waals surface area contributed by atoms with E-state index >= 15 is 0 Å². The number of carbonyl (C=O) groups is 2. The SMILES string of the molecule is O=CNC(CC(=O)O)c1ccsc1. The minimum Gasteiger partial charge on any atom is -0.481 e. The molecule has 1 rings (SSSR count). The molecule has 0 saturated heterocycles. The maximum absolute atomic E-state index is 10.4. The Bertz CT molecular complexity index is 284. The van der Waals surface area contributed by atoms with Gasteiger partial charge in [0.2, 0.25) is 6.41 Å². The Morgan fingerprint density at radius 1 is 1.77 bits per heavy atom. The van der Waals surface area contributed by atoms with Crippen molar-refractivity contribution in [3.8, 4) is 0 Å². The Morgan fingerprint density at radius 2 is 2.54 bits per heavy atom. The zero-order valence-corrected chi connectivity index (χ0v) is 7.58. The average molecular weight is 199 g/mol. The molecule has 4 nitrogen and oxygen atoms in total. The number of rotatable bonds is 5. The molecule has 1 amide bonds. The van der Waals surface area contributed by atoms with Gasteiger partial charge in [-0.05, 0) is 22.4 Å². The molecule has 0 aliphatic carbocycles. The number of aliphatic carboxylic acids is 1. The summed E-state index contributed by atoms with van der Waals surface area (Å²) >= 11 is 1.47. The molecule has 13 heavy (non-hydrogen) atoms.